The van der Waals surface area contributed by atoms with E-state index in [0.29, 0.717) is 11.3 Å². The van der Waals surface area contributed by atoms with Gasteiger partial charge in [-0.2, -0.15) is 0 Å². The molecule has 0 unspecified atom stereocenters. The van der Waals surface area contributed by atoms with E-state index in [4.69, 9.17) is 4.74 Å². The van der Waals surface area contributed by atoms with Crippen LogP contribution in [0.15, 0.2) is 61.2 Å². The number of amides is 2. The summed E-state index contributed by atoms with van der Waals surface area (Å²) in [7, 11) is 0. The number of anilines is 1. The molecule has 0 bridgehead atoms. The minimum atomic E-state index is -0.226. The van der Waals surface area contributed by atoms with E-state index in [0.717, 1.165) is 17.7 Å². The molecule has 5 heteroatoms. The fraction of sp³-hybridized carbons (Fsp3) is 0.182. The molecule has 2 amide bonds. The smallest absolute Gasteiger partial charge is 0.252 e. The Morgan fingerprint density at radius 1 is 1.11 bits per heavy atom. The zero-order chi connectivity index (χ0) is 19.5. The Hall–Kier alpha value is -3.52. The number of benzene rings is 2. The lowest BCUT2D eigenvalue weighted by molar-refractivity contribution is -0.114. The number of hydrogen-bond donors (Lipinski definition) is 2. The average Bonchev–Trinajstić information content (AvgIpc) is 2.66. The molecule has 2 rings (SSSR count). The molecule has 0 spiro atoms. The molecule has 0 aliphatic heterocycles. The first-order valence-electron chi connectivity index (χ1n) is 8.53. The quantitative estimate of drug-likeness (QED) is 0.587. The van der Waals surface area contributed by atoms with Gasteiger partial charge in [-0.3, -0.25) is 9.59 Å². The van der Waals surface area contributed by atoms with Crippen molar-refractivity contribution in [2.45, 2.75) is 13.3 Å². The van der Waals surface area contributed by atoms with Crippen LogP contribution in [0.2, 0.25) is 0 Å². The van der Waals surface area contributed by atoms with Crippen LogP contribution in [0.25, 0.3) is 0 Å². The van der Waals surface area contributed by atoms with Gasteiger partial charge in [-0.25, -0.2) is 0 Å². The second kappa shape index (κ2) is 10.5. The van der Waals surface area contributed by atoms with Gasteiger partial charge in [0.2, 0.25) is 5.91 Å². The van der Waals surface area contributed by atoms with E-state index in [1.54, 1.807) is 24.3 Å². The zero-order valence-corrected chi connectivity index (χ0v) is 15.2. The van der Waals surface area contributed by atoms with E-state index in [9.17, 15) is 9.59 Å². The summed E-state index contributed by atoms with van der Waals surface area (Å²) >= 11 is 0. The molecule has 0 atom stereocenters. The van der Waals surface area contributed by atoms with Gasteiger partial charge in [0.25, 0.3) is 5.91 Å². The SMILES string of the molecule is C=CCc1ccccc1OCC#CCNC(=O)c1ccc(NC(C)=O)cc1. The zero-order valence-electron chi connectivity index (χ0n) is 15.2. The Labute approximate surface area is 159 Å². The molecule has 2 aromatic rings. The largest absolute Gasteiger partial charge is 0.481 e. The second-order valence-electron chi connectivity index (χ2n) is 5.68. The molecule has 0 saturated carbocycles. The first kappa shape index (κ1) is 19.8. The third-order valence-corrected chi connectivity index (χ3v) is 3.57. The summed E-state index contributed by atoms with van der Waals surface area (Å²) in [5, 5.41) is 5.37. The maximum absolute atomic E-state index is 12.0. The topological polar surface area (TPSA) is 67.4 Å². The van der Waals surface area contributed by atoms with Gasteiger partial charge in [-0.05, 0) is 42.3 Å². The van der Waals surface area contributed by atoms with Crippen molar-refractivity contribution in [1.29, 1.82) is 0 Å². The first-order valence-corrected chi connectivity index (χ1v) is 8.53. The van der Waals surface area contributed by atoms with E-state index in [2.05, 4.69) is 29.1 Å². The minimum Gasteiger partial charge on any atom is -0.481 e. The number of carbonyl (C=O) groups excluding carboxylic acids is 2. The molecule has 27 heavy (non-hydrogen) atoms. The lowest BCUT2D eigenvalue weighted by Gasteiger charge is -2.07. The van der Waals surface area contributed by atoms with Crippen LogP contribution in [-0.2, 0) is 11.2 Å². The van der Waals surface area contributed by atoms with Gasteiger partial charge in [0, 0.05) is 18.2 Å². The standard InChI is InChI=1S/C22H22N2O3/c1-3-8-18-9-4-5-10-21(18)27-16-7-6-15-23-22(26)19-11-13-20(14-12-19)24-17(2)25/h3-5,9-14H,1,8,15-16H2,2H3,(H,23,26)(H,24,25). The molecule has 0 radical (unpaired) electrons. The predicted octanol–water partition coefficient (Wildman–Crippen LogP) is 3.19. The van der Waals surface area contributed by atoms with E-state index in [1.807, 2.05) is 30.3 Å². The van der Waals surface area contributed by atoms with Gasteiger partial charge in [0.1, 0.15) is 12.4 Å². The molecule has 0 aromatic heterocycles. The fourth-order valence-corrected chi connectivity index (χ4v) is 2.33. The molecule has 2 N–H and O–H groups in total. The van der Waals surface area contributed by atoms with Crippen molar-refractivity contribution < 1.29 is 14.3 Å². The lowest BCUT2D eigenvalue weighted by Crippen LogP contribution is -2.23. The summed E-state index contributed by atoms with van der Waals surface area (Å²) in [6.45, 7) is 5.64. The minimum absolute atomic E-state index is 0.156. The highest BCUT2D eigenvalue weighted by Crippen LogP contribution is 2.18. The third kappa shape index (κ3) is 6.71. The highest BCUT2D eigenvalue weighted by molar-refractivity contribution is 5.95. The number of para-hydroxylation sites is 1. The molecule has 138 valence electrons. The van der Waals surface area contributed by atoms with Crippen LogP contribution in [0, 0.1) is 11.8 Å². The number of nitrogens with one attached hydrogen (secondary N) is 2. The van der Waals surface area contributed by atoms with E-state index in [-0.39, 0.29) is 25.0 Å². The molecule has 2 aromatic carbocycles. The molecule has 0 fully saturated rings. The molecule has 0 saturated heterocycles. The van der Waals surface area contributed by atoms with Crippen LogP contribution in [0.3, 0.4) is 0 Å². The van der Waals surface area contributed by atoms with Gasteiger partial charge < -0.3 is 15.4 Å². The van der Waals surface area contributed by atoms with Gasteiger partial charge >= 0.3 is 0 Å². The van der Waals surface area contributed by atoms with Crippen LogP contribution in [0.5, 0.6) is 5.75 Å². The van der Waals surface area contributed by atoms with Crippen LogP contribution >= 0.6 is 0 Å². The number of rotatable bonds is 7. The van der Waals surface area contributed by atoms with Crippen molar-refractivity contribution in [1.82, 2.24) is 5.32 Å². The van der Waals surface area contributed by atoms with Crippen molar-refractivity contribution >= 4 is 17.5 Å². The van der Waals surface area contributed by atoms with Gasteiger partial charge in [-0.1, -0.05) is 36.1 Å². The van der Waals surface area contributed by atoms with Crippen LogP contribution in [-0.4, -0.2) is 25.0 Å². The van der Waals surface area contributed by atoms with Gasteiger partial charge in [0.05, 0.1) is 6.54 Å². The van der Waals surface area contributed by atoms with Crippen molar-refractivity contribution in [2.75, 3.05) is 18.5 Å². The third-order valence-electron chi connectivity index (χ3n) is 3.57. The Morgan fingerprint density at radius 3 is 2.56 bits per heavy atom. The maximum Gasteiger partial charge on any atom is 0.252 e. The van der Waals surface area contributed by atoms with Crippen LogP contribution in [0.1, 0.15) is 22.8 Å². The Kier molecular flexibility index (Phi) is 7.68. The van der Waals surface area contributed by atoms with Crippen molar-refractivity contribution in [3.05, 3.63) is 72.3 Å². The molecule has 5 nitrogen and oxygen atoms in total. The number of allylic oxidation sites excluding steroid dienone is 1. The summed E-state index contributed by atoms with van der Waals surface area (Å²) in [6.07, 6.45) is 2.56. The summed E-state index contributed by atoms with van der Waals surface area (Å²) < 4.78 is 5.66. The Morgan fingerprint density at radius 2 is 1.85 bits per heavy atom. The Balaban J connectivity index is 1.77. The fourth-order valence-electron chi connectivity index (χ4n) is 2.33. The van der Waals surface area contributed by atoms with Crippen LogP contribution in [0.4, 0.5) is 5.69 Å². The summed E-state index contributed by atoms with van der Waals surface area (Å²) in [5.41, 5.74) is 2.21. The predicted molar refractivity (Wildman–Crippen MR) is 107 cm³/mol. The highest BCUT2D eigenvalue weighted by atomic mass is 16.5. The number of hydrogen-bond acceptors (Lipinski definition) is 3. The maximum atomic E-state index is 12.0. The number of carbonyl (C=O) groups is 2. The summed E-state index contributed by atoms with van der Waals surface area (Å²) in [5.74, 6) is 6.15. The van der Waals surface area contributed by atoms with Crippen molar-refractivity contribution in [2.24, 2.45) is 0 Å². The normalized spacial score (nSPS) is 9.52. The molecular weight excluding hydrogens is 340 g/mol. The monoisotopic (exact) mass is 362 g/mol. The second-order valence-corrected chi connectivity index (χ2v) is 5.68. The van der Waals surface area contributed by atoms with Gasteiger partial charge in [-0.15, -0.1) is 6.58 Å². The van der Waals surface area contributed by atoms with Crippen LogP contribution < -0.4 is 15.4 Å². The van der Waals surface area contributed by atoms with E-state index >= 15 is 0 Å². The van der Waals surface area contributed by atoms with Gasteiger partial charge in [0.15, 0.2) is 0 Å². The van der Waals surface area contributed by atoms with E-state index < -0.39 is 0 Å². The summed E-state index contributed by atoms with van der Waals surface area (Å²) in [6, 6.07) is 14.4. The highest BCUT2D eigenvalue weighted by Gasteiger charge is 2.04. The van der Waals surface area contributed by atoms with Crippen molar-refractivity contribution in [3.8, 4) is 17.6 Å². The summed E-state index contributed by atoms with van der Waals surface area (Å²) in [4.78, 5) is 23.0. The molecule has 0 aliphatic carbocycles. The molecular formula is C22H22N2O3. The van der Waals surface area contributed by atoms with E-state index in [1.165, 1.54) is 6.92 Å². The lowest BCUT2D eigenvalue weighted by atomic mass is 10.1. The molecule has 0 aliphatic rings. The van der Waals surface area contributed by atoms with Crippen molar-refractivity contribution in [3.63, 3.8) is 0 Å². The Bertz CT molecular complexity index is 861. The first-order chi connectivity index (χ1) is 13.1. The average molecular weight is 362 g/mol. The number of ether oxygens (including phenoxy) is 1. The molecule has 0 heterocycles.